The van der Waals surface area contributed by atoms with E-state index < -0.39 is 0 Å². The number of amides is 1. The van der Waals surface area contributed by atoms with Crippen LogP contribution in [-0.4, -0.2) is 47.3 Å². The Morgan fingerprint density at radius 3 is 2.38 bits per heavy atom. The Morgan fingerprint density at radius 1 is 1.07 bits per heavy atom. The number of likely N-dealkylation sites (tertiary alicyclic amines) is 1. The van der Waals surface area contributed by atoms with Crippen molar-refractivity contribution >= 4 is 5.91 Å². The fraction of sp³-hybridized carbons (Fsp3) is 0.304. The molecule has 6 nitrogen and oxygen atoms in total. The topological polar surface area (TPSA) is 59.4 Å². The fourth-order valence-corrected chi connectivity index (χ4v) is 3.75. The van der Waals surface area contributed by atoms with Crippen LogP contribution in [0.25, 0.3) is 5.69 Å². The molecule has 4 rings (SSSR count). The van der Waals surface area contributed by atoms with E-state index in [9.17, 15) is 4.79 Å². The van der Waals surface area contributed by atoms with Crippen LogP contribution < -0.4 is 10.1 Å². The van der Waals surface area contributed by atoms with Gasteiger partial charge in [0, 0.05) is 6.54 Å². The number of para-hydroxylation sites is 1. The largest absolute Gasteiger partial charge is 0.493 e. The second-order valence-corrected chi connectivity index (χ2v) is 7.27. The lowest BCUT2D eigenvalue weighted by molar-refractivity contribution is 0.0918. The van der Waals surface area contributed by atoms with Gasteiger partial charge in [-0.05, 0) is 43.6 Å². The number of rotatable bonds is 7. The molecule has 1 amide bonds. The normalized spacial score (nSPS) is 15.2. The van der Waals surface area contributed by atoms with E-state index in [4.69, 9.17) is 4.74 Å². The molecule has 2 aromatic carbocycles. The highest BCUT2D eigenvalue weighted by atomic mass is 16.5. The number of carbonyl (C=O) groups is 1. The average molecular weight is 390 g/mol. The van der Waals surface area contributed by atoms with E-state index in [1.807, 2.05) is 48.5 Å². The molecule has 1 unspecified atom stereocenters. The third kappa shape index (κ3) is 4.49. The van der Waals surface area contributed by atoms with Gasteiger partial charge in [0.05, 0.1) is 25.0 Å². The fourth-order valence-electron chi connectivity index (χ4n) is 3.75. The molecule has 1 atom stereocenters. The van der Waals surface area contributed by atoms with Gasteiger partial charge in [-0.15, -0.1) is 0 Å². The smallest absolute Gasteiger partial charge is 0.276 e. The molecule has 1 aliphatic rings. The van der Waals surface area contributed by atoms with Gasteiger partial charge in [0.2, 0.25) is 0 Å². The lowest BCUT2D eigenvalue weighted by Gasteiger charge is -2.24. The van der Waals surface area contributed by atoms with Gasteiger partial charge in [-0.3, -0.25) is 4.79 Å². The summed E-state index contributed by atoms with van der Waals surface area (Å²) in [6, 6.07) is 19.7. The van der Waals surface area contributed by atoms with Crippen molar-refractivity contribution < 1.29 is 9.53 Å². The summed E-state index contributed by atoms with van der Waals surface area (Å²) in [5, 5.41) is 7.68. The van der Waals surface area contributed by atoms with Crippen molar-refractivity contribution in [2.45, 2.75) is 18.9 Å². The Morgan fingerprint density at radius 2 is 1.72 bits per heavy atom. The first-order chi connectivity index (χ1) is 14.2. The first kappa shape index (κ1) is 19.2. The third-order valence-electron chi connectivity index (χ3n) is 5.28. The van der Waals surface area contributed by atoms with Crippen LogP contribution in [0.5, 0.6) is 5.75 Å². The van der Waals surface area contributed by atoms with Gasteiger partial charge in [0.25, 0.3) is 5.91 Å². The first-order valence-electron chi connectivity index (χ1n) is 10.0. The minimum absolute atomic E-state index is 0.103. The predicted molar refractivity (Wildman–Crippen MR) is 112 cm³/mol. The maximum atomic E-state index is 13.1. The quantitative estimate of drug-likeness (QED) is 0.671. The molecule has 6 heteroatoms. The van der Waals surface area contributed by atoms with Crippen molar-refractivity contribution in [1.82, 2.24) is 20.0 Å². The summed E-state index contributed by atoms with van der Waals surface area (Å²) >= 11 is 0. The molecule has 1 aromatic heterocycles. The first-order valence-corrected chi connectivity index (χ1v) is 10.0. The number of hydrogen-bond acceptors (Lipinski definition) is 4. The lowest BCUT2D eigenvalue weighted by Crippen LogP contribution is -2.37. The maximum absolute atomic E-state index is 13.1. The molecular formula is C23H26N4O2. The second kappa shape index (κ2) is 8.92. The third-order valence-corrected chi connectivity index (χ3v) is 5.28. The van der Waals surface area contributed by atoms with E-state index in [-0.39, 0.29) is 11.9 Å². The molecule has 0 saturated carbocycles. The number of nitrogens with zero attached hydrogens (tertiary/aromatic N) is 3. The van der Waals surface area contributed by atoms with Crippen molar-refractivity contribution in [1.29, 1.82) is 0 Å². The highest BCUT2D eigenvalue weighted by Gasteiger charge is 2.24. The van der Waals surface area contributed by atoms with E-state index in [1.54, 1.807) is 18.0 Å². The van der Waals surface area contributed by atoms with E-state index in [0.717, 1.165) is 30.9 Å². The highest BCUT2D eigenvalue weighted by Crippen LogP contribution is 2.22. The highest BCUT2D eigenvalue weighted by molar-refractivity contribution is 5.95. The van der Waals surface area contributed by atoms with Crippen LogP contribution >= 0.6 is 0 Å². The Kier molecular flexibility index (Phi) is 5.91. The summed E-state index contributed by atoms with van der Waals surface area (Å²) in [6.07, 6.45) is 4.16. The summed E-state index contributed by atoms with van der Waals surface area (Å²) in [7, 11) is 1.56. The predicted octanol–water partition coefficient (Wildman–Crippen LogP) is 3.45. The zero-order valence-electron chi connectivity index (χ0n) is 16.6. The number of ether oxygens (including phenoxy) is 1. The Bertz CT molecular complexity index is 934. The van der Waals surface area contributed by atoms with E-state index >= 15 is 0 Å². The molecule has 2 heterocycles. The van der Waals surface area contributed by atoms with Gasteiger partial charge in [-0.25, -0.2) is 4.68 Å². The average Bonchev–Trinajstić information content (AvgIpc) is 3.44. The minimum Gasteiger partial charge on any atom is -0.493 e. The molecule has 29 heavy (non-hydrogen) atoms. The van der Waals surface area contributed by atoms with Crippen LogP contribution in [0.3, 0.4) is 0 Å². The van der Waals surface area contributed by atoms with Gasteiger partial charge in [-0.2, -0.15) is 5.10 Å². The summed E-state index contributed by atoms with van der Waals surface area (Å²) in [4.78, 5) is 15.5. The van der Waals surface area contributed by atoms with Crippen molar-refractivity contribution in [3.05, 3.63) is 78.1 Å². The number of nitrogens with one attached hydrogen (secondary N) is 1. The van der Waals surface area contributed by atoms with Crippen LogP contribution in [0.2, 0.25) is 0 Å². The Balaban J connectivity index is 1.57. The molecule has 150 valence electrons. The minimum atomic E-state index is -0.232. The molecule has 1 aliphatic heterocycles. The van der Waals surface area contributed by atoms with Crippen molar-refractivity contribution in [2.24, 2.45) is 0 Å². The molecule has 0 bridgehead atoms. The number of aromatic nitrogens is 2. The van der Waals surface area contributed by atoms with Gasteiger partial charge >= 0.3 is 0 Å². The van der Waals surface area contributed by atoms with Gasteiger partial charge in [0.1, 0.15) is 0 Å². The molecule has 1 saturated heterocycles. The Labute approximate surface area is 171 Å². The van der Waals surface area contributed by atoms with E-state index in [1.165, 1.54) is 12.8 Å². The van der Waals surface area contributed by atoms with Crippen molar-refractivity contribution in [3.8, 4) is 11.4 Å². The number of benzene rings is 2. The number of hydrogen-bond donors (Lipinski definition) is 1. The molecule has 0 spiro atoms. The summed E-state index contributed by atoms with van der Waals surface area (Å²) in [5.41, 5.74) is 2.26. The maximum Gasteiger partial charge on any atom is 0.276 e. The van der Waals surface area contributed by atoms with Gasteiger partial charge < -0.3 is 15.0 Å². The summed E-state index contributed by atoms with van der Waals surface area (Å²) in [6.45, 7) is 2.94. The monoisotopic (exact) mass is 390 g/mol. The number of carbonyl (C=O) groups excluding carboxylic acids is 1. The van der Waals surface area contributed by atoms with E-state index in [2.05, 4.69) is 27.4 Å². The molecule has 0 radical (unpaired) electrons. The SMILES string of the molecule is COc1cn(-c2ccccc2)nc1C(=O)NC(CN1CCCC1)c1ccccc1. The van der Waals surface area contributed by atoms with Crippen LogP contribution in [0.1, 0.15) is 34.9 Å². The second-order valence-electron chi connectivity index (χ2n) is 7.27. The zero-order chi connectivity index (χ0) is 20.1. The van der Waals surface area contributed by atoms with Crippen molar-refractivity contribution in [3.63, 3.8) is 0 Å². The Hall–Kier alpha value is -3.12. The van der Waals surface area contributed by atoms with Crippen LogP contribution in [0.4, 0.5) is 0 Å². The molecular weight excluding hydrogens is 364 g/mol. The van der Waals surface area contributed by atoms with Gasteiger partial charge in [-0.1, -0.05) is 48.5 Å². The van der Waals surface area contributed by atoms with Crippen LogP contribution in [0, 0.1) is 0 Å². The van der Waals surface area contributed by atoms with Crippen LogP contribution in [-0.2, 0) is 0 Å². The zero-order valence-corrected chi connectivity index (χ0v) is 16.6. The van der Waals surface area contributed by atoms with E-state index in [0.29, 0.717) is 11.4 Å². The summed E-state index contributed by atoms with van der Waals surface area (Å²) < 4.78 is 7.11. The summed E-state index contributed by atoms with van der Waals surface area (Å²) in [5.74, 6) is 0.226. The molecule has 3 aromatic rings. The van der Waals surface area contributed by atoms with Crippen molar-refractivity contribution in [2.75, 3.05) is 26.7 Å². The molecule has 1 fully saturated rings. The standard InChI is InChI=1S/C23H26N4O2/c1-29-21-17-27(19-12-6-3-7-13-19)25-22(21)23(28)24-20(16-26-14-8-9-15-26)18-10-4-2-5-11-18/h2-7,10-13,17,20H,8-9,14-16H2,1H3,(H,24,28). The number of methoxy groups -OCH3 is 1. The lowest BCUT2D eigenvalue weighted by atomic mass is 10.1. The van der Waals surface area contributed by atoms with Gasteiger partial charge in [0.15, 0.2) is 11.4 Å². The molecule has 1 N–H and O–H groups in total. The van der Waals surface area contributed by atoms with Crippen LogP contribution in [0.15, 0.2) is 66.9 Å². The molecule has 0 aliphatic carbocycles.